The number of alkyl halides is 1. The van der Waals surface area contributed by atoms with Gasteiger partial charge in [-0.2, -0.15) is 4.31 Å². The number of ether oxygens (including phenoxy) is 1. The molecule has 0 N–H and O–H groups in total. The third kappa shape index (κ3) is 3.90. The van der Waals surface area contributed by atoms with Crippen LogP contribution in [-0.4, -0.2) is 37.8 Å². The summed E-state index contributed by atoms with van der Waals surface area (Å²) in [5.74, 6) is 1.63. The third-order valence-electron chi connectivity index (χ3n) is 3.70. The summed E-state index contributed by atoms with van der Waals surface area (Å²) in [4.78, 5) is 0.327. The Kier molecular flexibility index (Phi) is 5.52. The van der Waals surface area contributed by atoms with Gasteiger partial charge >= 0.3 is 0 Å². The van der Waals surface area contributed by atoms with Crippen LogP contribution in [0.4, 0.5) is 0 Å². The predicted octanol–water partition coefficient (Wildman–Crippen LogP) is 3.11. The minimum Gasteiger partial charge on any atom is -0.494 e. The molecule has 1 saturated heterocycles. The van der Waals surface area contributed by atoms with Gasteiger partial charge in [-0.3, -0.25) is 0 Å². The lowest BCUT2D eigenvalue weighted by molar-refractivity contribution is 0.318. The Morgan fingerprint density at radius 3 is 2.48 bits per heavy atom. The maximum Gasteiger partial charge on any atom is 0.243 e. The first-order valence-corrected chi connectivity index (χ1v) is 9.23. The molecule has 1 heterocycles. The van der Waals surface area contributed by atoms with Crippen molar-refractivity contribution < 1.29 is 13.2 Å². The molecule has 0 spiro atoms. The summed E-state index contributed by atoms with van der Waals surface area (Å²) in [6, 6.07) is 6.68. The topological polar surface area (TPSA) is 46.6 Å². The highest BCUT2D eigenvalue weighted by atomic mass is 35.5. The van der Waals surface area contributed by atoms with Crippen molar-refractivity contribution in [1.82, 2.24) is 4.31 Å². The summed E-state index contributed by atoms with van der Waals surface area (Å²) in [5, 5.41) is 0. The molecule has 2 atom stereocenters. The molecule has 0 aromatic heterocycles. The summed E-state index contributed by atoms with van der Waals surface area (Å²) in [6.07, 6.45) is 1.68. The average Bonchev–Trinajstić information content (AvgIpc) is 2.79. The van der Waals surface area contributed by atoms with Crippen molar-refractivity contribution in [2.75, 3.05) is 19.0 Å². The number of rotatable bonds is 6. The van der Waals surface area contributed by atoms with Crippen LogP contribution in [0.3, 0.4) is 0 Å². The molecule has 4 nitrogen and oxygen atoms in total. The van der Waals surface area contributed by atoms with Crippen molar-refractivity contribution in [2.24, 2.45) is 5.92 Å². The molecule has 1 aliphatic heterocycles. The zero-order chi connectivity index (χ0) is 15.5. The number of hydrogen-bond donors (Lipinski definition) is 0. The molecular formula is C15H22ClNO3S. The maximum atomic E-state index is 12.6. The van der Waals surface area contributed by atoms with Crippen molar-refractivity contribution in [3.05, 3.63) is 24.3 Å². The summed E-state index contributed by atoms with van der Waals surface area (Å²) < 4.78 is 32.3. The second kappa shape index (κ2) is 6.99. The molecule has 0 aliphatic carbocycles. The molecule has 1 aliphatic rings. The van der Waals surface area contributed by atoms with Gasteiger partial charge in [0, 0.05) is 18.5 Å². The highest BCUT2D eigenvalue weighted by Gasteiger charge is 2.35. The van der Waals surface area contributed by atoms with Crippen LogP contribution in [0.25, 0.3) is 0 Å². The Balaban J connectivity index is 2.10. The fraction of sp³-hybridized carbons (Fsp3) is 0.600. The molecule has 118 valence electrons. The highest BCUT2D eigenvalue weighted by molar-refractivity contribution is 7.89. The normalized spacial score (nSPS) is 23.4. The summed E-state index contributed by atoms with van der Waals surface area (Å²) >= 11 is 5.59. The number of hydrogen-bond acceptors (Lipinski definition) is 3. The van der Waals surface area contributed by atoms with Crippen LogP contribution in [-0.2, 0) is 10.0 Å². The Bertz CT molecular complexity index is 559. The van der Waals surface area contributed by atoms with Gasteiger partial charge in [-0.05, 0) is 49.9 Å². The quantitative estimate of drug-likeness (QED) is 0.594. The Hall–Kier alpha value is -0.780. The smallest absolute Gasteiger partial charge is 0.243 e. The molecule has 0 amide bonds. The van der Waals surface area contributed by atoms with E-state index in [2.05, 4.69) is 6.92 Å². The van der Waals surface area contributed by atoms with E-state index in [-0.39, 0.29) is 6.04 Å². The van der Waals surface area contributed by atoms with Crippen LogP contribution in [0.2, 0.25) is 0 Å². The van der Waals surface area contributed by atoms with Crippen LogP contribution in [0.15, 0.2) is 29.2 Å². The molecular weight excluding hydrogens is 310 g/mol. The van der Waals surface area contributed by atoms with Gasteiger partial charge in [-0.15, -0.1) is 11.6 Å². The fourth-order valence-electron chi connectivity index (χ4n) is 2.68. The van der Waals surface area contributed by atoms with Gasteiger partial charge in [-0.25, -0.2) is 8.42 Å². The summed E-state index contributed by atoms with van der Waals surface area (Å²) in [7, 11) is -3.41. The highest BCUT2D eigenvalue weighted by Crippen LogP contribution is 2.29. The molecule has 2 rings (SSSR count). The zero-order valence-corrected chi connectivity index (χ0v) is 14.0. The van der Waals surface area contributed by atoms with Crippen LogP contribution in [0.1, 0.15) is 26.7 Å². The Morgan fingerprint density at radius 1 is 1.29 bits per heavy atom. The SMILES string of the molecule is CC1CC(C)N(S(=O)(=O)c2ccc(OCCCCl)cc2)C1. The van der Waals surface area contributed by atoms with Crippen molar-refractivity contribution in [2.45, 2.75) is 37.6 Å². The van der Waals surface area contributed by atoms with E-state index < -0.39 is 10.0 Å². The molecule has 1 aromatic carbocycles. The zero-order valence-electron chi connectivity index (χ0n) is 12.5. The maximum absolute atomic E-state index is 12.6. The second-order valence-electron chi connectivity index (χ2n) is 5.63. The van der Waals surface area contributed by atoms with E-state index in [1.807, 2.05) is 6.92 Å². The van der Waals surface area contributed by atoms with Crippen molar-refractivity contribution >= 4 is 21.6 Å². The standard InChI is InChI=1S/C15H22ClNO3S/c1-12-10-13(2)17(11-12)21(18,19)15-6-4-14(5-7-15)20-9-3-8-16/h4-7,12-13H,3,8-11H2,1-2H3. The van der Waals surface area contributed by atoms with Gasteiger partial charge < -0.3 is 4.74 Å². The minimum absolute atomic E-state index is 0.0599. The van der Waals surface area contributed by atoms with Gasteiger partial charge in [0.15, 0.2) is 0 Å². The largest absolute Gasteiger partial charge is 0.494 e. The van der Waals surface area contributed by atoms with Gasteiger partial charge in [0.05, 0.1) is 11.5 Å². The number of nitrogens with zero attached hydrogens (tertiary/aromatic N) is 1. The number of sulfonamides is 1. The van der Waals surface area contributed by atoms with Crippen LogP contribution in [0.5, 0.6) is 5.75 Å². The Morgan fingerprint density at radius 2 is 1.95 bits per heavy atom. The van der Waals surface area contributed by atoms with E-state index >= 15 is 0 Å². The number of halogens is 1. The number of benzene rings is 1. The van der Waals surface area contributed by atoms with E-state index in [0.29, 0.717) is 35.6 Å². The van der Waals surface area contributed by atoms with Crippen LogP contribution < -0.4 is 4.74 Å². The molecule has 0 radical (unpaired) electrons. The van der Waals surface area contributed by atoms with Gasteiger partial charge in [0.25, 0.3) is 0 Å². The second-order valence-corrected chi connectivity index (χ2v) is 7.90. The lowest BCUT2D eigenvalue weighted by Crippen LogP contribution is -2.33. The monoisotopic (exact) mass is 331 g/mol. The third-order valence-corrected chi connectivity index (χ3v) is 5.97. The van der Waals surface area contributed by atoms with E-state index in [9.17, 15) is 8.42 Å². The Labute approximate surface area is 132 Å². The molecule has 21 heavy (non-hydrogen) atoms. The van der Waals surface area contributed by atoms with Gasteiger partial charge in [-0.1, -0.05) is 6.92 Å². The molecule has 0 bridgehead atoms. The van der Waals surface area contributed by atoms with Crippen molar-refractivity contribution in [3.63, 3.8) is 0 Å². The van der Waals surface area contributed by atoms with Gasteiger partial charge in [0.2, 0.25) is 10.0 Å². The van der Waals surface area contributed by atoms with Gasteiger partial charge in [0.1, 0.15) is 5.75 Å². The van der Waals surface area contributed by atoms with E-state index in [1.54, 1.807) is 28.6 Å². The lowest BCUT2D eigenvalue weighted by Gasteiger charge is -2.21. The molecule has 0 saturated carbocycles. The minimum atomic E-state index is -3.41. The van der Waals surface area contributed by atoms with Crippen LogP contribution >= 0.6 is 11.6 Å². The molecule has 2 unspecified atom stereocenters. The first-order chi connectivity index (χ1) is 9.95. The van der Waals surface area contributed by atoms with Crippen molar-refractivity contribution in [3.8, 4) is 5.75 Å². The van der Waals surface area contributed by atoms with E-state index in [1.165, 1.54) is 0 Å². The lowest BCUT2D eigenvalue weighted by atomic mass is 10.1. The first-order valence-electron chi connectivity index (χ1n) is 7.26. The first kappa shape index (κ1) is 16.6. The van der Waals surface area contributed by atoms with Crippen molar-refractivity contribution in [1.29, 1.82) is 0 Å². The van der Waals surface area contributed by atoms with Crippen LogP contribution in [0, 0.1) is 5.92 Å². The van der Waals surface area contributed by atoms with E-state index in [0.717, 1.165) is 12.8 Å². The fourth-order valence-corrected chi connectivity index (χ4v) is 4.55. The summed E-state index contributed by atoms with van der Waals surface area (Å²) in [5.41, 5.74) is 0. The molecule has 6 heteroatoms. The summed E-state index contributed by atoms with van der Waals surface area (Å²) in [6.45, 7) is 5.18. The predicted molar refractivity (Wildman–Crippen MR) is 84.4 cm³/mol. The average molecular weight is 332 g/mol. The van der Waals surface area contributed by atoms with E-state index in [4.69, 9.17) is 16.3 Å². The molecule has 1 fully saturated rings. The molecule has 1 aromatic rings.